The van der Waals surface area contributed by atoms with Crippen LogP contribution in [0, 0.1) is 0 Å². The van der Waals surface area contributed by atoms with Crippen LogP contribution in [0.4, 0.5) is 0 Å². The first-order chi connectivity index (χ1) is 10.9. The van der Waals surface area contributed by atoms with Crippen LogP contribution in [-0.2, 0) is 12.0 Å². The van der Waals surface area contributed by atoms with Gasteiger partial charge in [0.25, 0.3) is 5.91 Å². The predicted molar refractivity (Wildman–Crippen MR) is 93.9 cm³/mol. The van der Waals surface area contributed by atoms with E-state index in [2.05, 4.69) is 26.1 Å². The summed E-state index contributed by atoms with van der Waals surface area (Å²) in [6.45, 7) is 9.56. The van der Waals surface area contributed by atoms with Gasteiger partial charge in [0.1, 0.15) is 5.75 Å². The second-order valence-electron chi connectivity index (χ2n) is 6.59. The zero-order chi connectivity index (χ0) is 16.9. The van der Waals surface area contributed by atoms with Crippen LogP contribution in [0.3, 0.4) is 0 Å². The van der Waals surface area contributed by atoms with E-state index in [-0.39, 0.29) is 11.3 Å². The topological polar surface area (TPSA) is 38.3 Å². The van der Waals surface area contributed by atoms with E-state index < -0.39 is 0 Å². The molecule has 0 spiro atoms. The normalized spacial score (nSPS) is 11.1. The molecule has 0 bridgehead atoms. The summed E-state index contributed by atoms with van der Waals surface area (Å²) in [6.07, 6.45) is 0. The van der Waals surface area contributed by atoms with Crippen LogP contribution >= 0.6 is 0 Å². The highest BCUT2D eigenvalue weighted by Gasteiger charge is 2.14. The minimum absolute atomic E-state index is 0.0627. The molecule has 0 radical (unpaired) electrons. The first-order valence-electron chi connectivity index (χ1n) is 8.00. The second kappa shape index (κ2) is 7.32. The lowest BCUT2D eigenvalue weighted by Crippen LogP contribution is -2.23. The fourth-order valence-electron chi connectivity index (χ4n) is 2.32. The zero-order valence-electron chi connectivity index (χ0n) is 14.3. The molecule has 0 fully saturated rings. The maximum atomic E-state index is 12.2. The van der Waals surface area contributed by atoms with Crippen LogP contribution in [0.2, 0.25) is 0 Å². The first-order valence-corrected chi connectivity index (χ1v) is 8.00. The average molecular weight is 311 g/mol. The monoisotopic (exact) mass is 311 g/mol. The molecule has 1 N–H and O–H groups in total. The lowest BCUT2D eigenvalue weighted by atomic mass is 9.87. The fraction of sp³-hybridized carbons (Fsp3) is 0.350. The van der Waals surface area contributed by atoms with Crippen molar-refractivity contribution in [3.05, 3.63) is 65.2 Å². The highest BCUT2D eigenvalue weighted by atomic mass is 16.5. The number of carbonyl (C=O) groups is 1. The summed E-state index contributed by atoms with van der Waals surface area (Å²) in [4.78, 5) is 12.2. The molecule has 0 unspecified atom stereocenters. The summed E-state index contributed by atoms with van der Waals surface area (Å²) < 4.78 is 5.47. The Bertz CT molecular complexity index is 654. The molecule has 0 saturated carbocycles. The zero-order valence-corrected chi connectivity index (χ0v) is 14.3. The highest BCUT2D eigenvalue weighted by Crippen LogP contribution is 2.22. The fourth-order valence-corrected chi connectivity index (χ4v) is 2.32. The van der Waals surface area contributed by atoms with Crippen molar-refractivity contribution in [2.75, 3.05) is 6.61 Å². The van der Waals surface area contributed by atoms with Gasteiger partial charge in [-0.3, -0.25) is 4.79 Å². The summed E-state index contributed by atoms with van der Waals surface area (Å²) in [7, 11) is 0. The molecule has 2 aromatic rings. The molecular weight excluding hydrogens is 286 g/mol. The molecule has 0 aromatic heterocycles. The number of carbonyl (C=O) groups excluding carboxylic acids is 1. The molecule has 23 heavy (non-hydrogen) atoms. The van der Waals surface area contributed by atoms with E-state index in [0.717, 1.165) is 11.3 Å². The van der Waals surface area contributed by atoms with Gasteiger partial charge in [0.15, 0.2) is 0 Å². The first kappa shape index (κ1) is 17.1. The van der Waals surface area contributed by atoms with Crippen molar-refractivity contribution in [2.24, 2.45) is 0 Å². The molecule has 0 heterocycles. The number of nitrogens with one attached hydrogen (secondary N) is 1. The van der Waals surface area contributed by atoms with Gasteiger partial charge in [0.2, 0.25) is 0 Å². The summed E-state index contributed by atoms with van der Waals surface area (Å²) in [5, 5.41) is 2.95. The number of rotatable bonds is 5. The lowest BCUT2D eigenvalue weighted by molar-refractivity contribution is 0.0951. The van der Waals surface area contributed by atoms with Crippen molar-refractivity contribution < 1.29 is 9.53 Å². The van der Waals surface area contributed by atoms with Crippen LogP contribution in [0.25, 0.3) is 0 Å². The van der Waals surface area contributed by atoms with E-state index in [4.69, 9.17) is 4.74 Å². The molecule has 122 valence electrons. The van der Waals surface area contributed by atoms with Crippen molar-refractivity contribution in [1.29, 1.82) is 0 Å². The van der Waals surface area contributed by atoms with Crippen LogP contribution in [0.15, 0.2) is 48.5 Å². The average Bonchev–Trinajstić information content (AvgIpc) is 2.53. The van der Waals surface area contributed by atoms with Gasteiger partial charge in [0.05, 0.1) is 6.61 Å². The SMILES string of the molecule is CCOc1cccc(CNC(=O)c2ccc(C(C)(C)C)cc2)c1. The minimum Gasteiger partial charge on any atom is -0.494 e. The van der Waals surface area contributed by atoms with Gasteiger partial charge < -0.3 is 10.1 Å². The lowest BCUT2D eigenvalue weighted by Gasteiger charge is -2.19. The van der Waals surface area contributed by atoms with E-state index in [1.165, 1.54) is 5.56 Å². The standard InChI is InChI=1S/C20H25NO2/c1-5-23-18-8-6-7-15(13-18)14-21-19(22)16-9-11-17(12-10-16)20(2,3)4/h6-13H,5,14H2,1-4H3,(H,21,22). The molecule has 3 heteroatoms. The predicted octanol–water partition coefficient (Wildman–Crippen LogP) is 4.31. The van der Waals surface area contributed by atoms with Gasteiger partial charge in [-0.1, -0.05) is 45.0 Å². The third kappa shape index (κ3) is 4.85. The van der Waals surface area contributed by atoms with Gasteiger partial charge in [-0.15, -0.1) is 0 Å². The van der Waals surface area contributed by atoms with Crippen molar-refractivity contribution in [2.45, 2.75) is 39.7 Å². The number of ether oxygens (including phenoxy) is 1. The van der Waals surface area contributed by atoms with E-state index in [1.807, 2.05) is 55.5 Å². The van der Waals surface area contributed by atoms with Gasteiger partial charge in [-0.25, -0.2) is 0 Å². The Morgan fingerprint density at radius 2 is 1.78 bits per heavy atom. The molecular formula is C20H25NO2. The Hall–Kier alpha value is -2.29. The van der Waals surface area contributed by atoms with Gasteiger partial charge in [-0.05, 0) is 47.7 Å². The molecule has 0 atom stereocenters. The second-order valence-corrected chi connectivity index (χ2v) is 6.59. The summed E-state index contributed by atoms with van der Waals surface area (Å²) in [6, 6.07) is 15.6. The highest BCUT2D eigenvalue weighted by molar-refractivity contribution is 5.94. The third-order valence-electron chi connectivity index (χ3n) is 3.68. The number of hydrogen-bond donors (Lipinski definition) is 1. The molecule has 0 aliphatic carbocycles. The van der Waals surface area contributed by atoms with Gasteiger partial charge in [0, 0.05) is 12.1 Å². The molecule has 2 aromatic carbocycles. The Labute approximate surface area is 138 Å². The molecule has 0 saturated heterocycles. The van der Waals surface area contributed by atoms with Gasteiger partial charge >= 0.3 is 0 Å². The summed E-state index contributed by atoms with van der Waals surface area (Å²) in [5.74, 6) is 0.765. The number of hydrogen-bond acceptors (Lipinski definition) is 2. The van der Waals surface area contributed by atoms with Crippen LogP contribution < -0.4 is 10.1 Å². The van der Waals surface area contributed by atoms with Crippen molar-refractivity contribution in [1.82, 2.24) is 5.32 Å². The summed E-state index contributed by atoms with van der Waals surface area (Å²) >= 11 is 0. The van der Waals surface area contributed by atoms with E-state index in [9.17, 15) is 4.79 Å². The summed E-state index contributed by atoms with van der Waals surface area (Å²) in [5.41, 5.74) is 3.02. The Balaban J connectivity index is 1.98. The molecule has 0 aliphatic heterocycles. The molecule has 1 amide bonds. The van der Waals surface area contributed by atoms with Crippen LogP contribution in [-0.4, -0.2) is 12.5 Å². The smallest absolute Gasteiger partial charge is 0.251 e. The van der Waals surface area contributed by atoms with E-state index in [1.54, 1.807) is 0 Å². The Kier molecular flexibility index (Phi) is 5.43. The number of amides is 1. The van der Waals surface area contributed by atoms with Crippen LogP contribution in [0.5, 0.6) is 5.75 Å². The van der Waals surface area contributed by atoms with Crippen molar-refractivity contribution in [3.63, 3.8) is 0 Å². The van der Waals surface area contributed by atoms with Crippen molar-refractivity contribution >= 4 is 5.91 Å². The van der Waals surface area contributed by atoms with Gasteiger partial charge in [-0.2, -0.15) is 0 Å². The van der Waals surface area contributed by atoms with E-state index >= 15 is 0 Å². The maximum absolute atomic E-state index is 12.2. The molecule has 0 aliphatic rings. The Morgan fingerprint density at radius 3 is 2.39 bits per heavy atom. The van der Waals surface area contributed by atoms with Crippen LogP contribution in [0.1, 0.15) is 49.2 Å². The Morgan fingerprint density at radius 1 is 1.09 bits per heavy atom. The minimum atomic E-state index is -0.0627. The maximum Gasteiger partial charge on any atom is 0.251 e. The van der Waals surface area contributed by atoms with Crippen molar-refractivity contribution in [3.8, 4) is 5.75 Å². The third-order valence-corrected chi connectivity index (χ3v) is 3.68. The molecule has 2 rings (SSSR count). The number of benzene rings is 2. The molecule has 3 nitrogen and oxygen atoms in total. The quantitative estimate of drug-likeness (QED) is 0.893. The van der Waals surface area contributed by atoms with E-state index in [0.29, 0.717) is 18.7 Å². The largest absolute Gasteiger partial charge is 0.494 e.